The van der Waals surface area contributed by atoms with Crippen molar-refractivity contribution in [2.24, 2.45) is 0 Å². The first-order chi connectivity index (χ1) is 67.1. The van der Waals surface area contributed by atoms with Crippen molar-refractivity contribution in [2.75, 3.05) is 65.6 Å². The molecule has 0 aliphatic heterocycles. The van der Waals surface area contributed by atoms with Crippen molar-refractivity contribution in [3.05, 3.63) is 266 Å². The van der Waals surface area contributed by atoms with Crippen LogP contribution in [0.15, 0.2) is 195 Å². The fourth-order valence-electron chi connectivity index (χ4n) is 13.4. The van der Waals surface area contributed by atoms with Gasteiger partial charge < -0.3 is 37.9 Å². The second-order valence-electron chi connectivity index (χ2n) is 30.6. The van der Waals surface area contributed by atoms with Crippen LogP contribution in [0.25, 0.3) is 71.6 Å². The zero-order valence-electron chi connectivity index (χ0n) is 75.8. The summed E-state index contributed by atoms with van der Waals surface area (Å²) in [6, 6.07) is 47.4. The highest BCUT2D eigenvalue weighted by Gasteiger charge is 2.23. The number of sulfonamides is 3. The fourth-order valence-corrected chi connectivity index (χ4v) is 17.3. The quantitative estimate of drug-likeness (QED) is 0.0328. The fraction of sp³-hybridized carbons (Fsp3) is 0.223. The lowest BCUT2D eigenvalue weighted by molar-refractivity contribution is 0.301. The molecule has 0 unspecified atom stereocenters. The van der Waals surface area contributed by atoms with E-state index in [0.717, 1.165) is 99.6 Å². The Kier molecular flexibility index (Phi) is 34.1. The zero-order chi connectivity index (χ0) is 100. The molecule has 0 aliphatic rings. The number of fused-ring (bicyclic) bond motifs is 4. The number of thiophene rings is 1. The zero-order valence-corrected chi connectivity index (χ0v) is 82.9. The number of aromatic nitrogens is 14. The summed E-state index contributed by atoms with van der Waals surface area (Å²) in [6.07, 6.45) is 22.0. The first-order valence-corrected chi connectivity index (χ1v) is 52.5. The minimum absolute atomic E-state index is 0.00605. The molecule has 0 atom stereocenters. The third-order valence-corrected chi connectivity index (χ3v) is 23.8. The van der Waals surface area contributed by atoms with Crippen molar-refractivity contribution in [2.45, 2.75) is 85.6 Å². The van der Waals surface area contributed by atoms with Gasteiger partial charge in [0.15, 0.2) is 32.8 Å². The Bertz CT molecular complexity index is 7050. The Morgan fingerprint density at radius 3 is 1.34 bits per heavy atom. The number of hydrogen-bond donors (Lipinski definition) is 3. The van der Waals surface area contributed by atoms with Crippen molar-refractivity contribution >= 4 is 148 Å². The third kappa shape index (κ3) is 27.8. The number of nitriles is 4. The van der Waals surface area contributed by atoms with Crippen LogP contribution in [-0.2, 0) is 72.1 Å². The maximum atomic E-state index is 11.5. The molecule has 37 nitrogen and oxygen atoms in total. The van der Waals surface area contributed by atoms with Crippen LogP contribution in [-0.4, -0.2) is 154 Å². The predicted molar refractivity (Wildman–Crippen MR) is 531 cm³/mol. The smallest absolute Gasteiger partial charge is 0.236 e. The van der Waals surface area contributed by atoms with Gasteiger partial charge in [0.05, 0.1) is 151 Å². The molecule has 16 aromatic rings. The lowest BCUT2D eigenvalue weighted by atomic mass is 10.0. The monoisotopic (exact) mass is 2060 g/mol. The predicted octanol–water partition coefficient (Wildman–Crippen LogP) is 18.0. The van der Waals surface area contributed by atoms with Gasteiger partial charge in [-0.2, -0.15) is 26.1 Å². The van der Waals surface area contributed by atoms with Crippen molar-refractivity contribution in [1.82, 2.24) is 68.4 Å². The molecule has 0 bridgehead atoms. The Morgan fingerprint density at radius 2 is 0.843 bits per heavy atom. The number of pyridine rings is 2. The molecular formula is C94H85Cl4N21O16S5. The minimum atomic E-state index is -3.48. The van der Waals surface area contributed by atoms with E-state index in [2.05, 4.69) is 93.4 Å². The number of rotatable bonds is 36. The molecule has 6 aromatic carbocycles. The molecule has 10 aromatic heterocycles. The van der Waals surface area contributed by atoms with Gasteiger partial charge >= 0.3 is 0 Å². The van der Waals surface area contributed by atoms with Gasteiger partial charge in [-0.25, -0.2) is 88.2 Å². The Hall–Kier alpha value is -14.8. The van der Waals surface area contributed by atoms with Gasteiger partial charge in [-0.3, -0.25) is 23.0 Å². The largest absolute Gasteiger partial charge is 0.491 e. The van der Waals surface area contributed by atoms with Crippen molar-refractivity contribution in [3.63, 3.8) is 0 Å². The second-order valence-corrected chi connectivity index (χ2v) is 40.6. The normalized spacial score (nSPS) is 11.3. The van der Waals surface area contributed by atoms with Crippen LogP contribution in [0.3, 0.4) is 0 Å². The van der Waals surface area contributed by atoms with E-state index in [0.29, 0.717) is 160 Å². The molecule has 140 heavy (non-hydrogen) atoms. The topological polar surface area (TPSA) is 497 Å². The summed E-state index contributed by atoms with van der Waals surface area (Å²) in [4.78, 5) is 41.3. The van der Waals surface area contributed by atoms with E-state index in [4.69, 9.17) is 84.3 Å². The molecule has 0 saturated carbocycles. The molecule has 46 heteroatoms. The molecular weight excluding hydrogens is 1980 g/mol. The number of hydrogen-bond acceptors (Lipinski definition) is 32. The molecule has 0 saturated heterocycles. The van der Waals surface area contributed by atoms with Crippen molar-refractivity contribution < 1.29 is 71.6 Å². The van der Waals surface area contributed by atoms with Crippen LogP contribution in [0, 0.1) is 45.3 Å². The molecule has 0 aliphatic carbocycles. The van der Waals surface area contributed by atoms with Gasteiger partial charge in [0.1, 0.15) is 96.8 Å². The first kappa shape index (κ1) is 103. The third-order valence-electron chi connectivity index (χ3n) is 19.3. The summed E-state index contributed by atoms with van der Waals surface area (Å²) in [6.45, 7) is 10.3. The number of halogens is 4. The van der Waals surface area contributed by atoms with Crippen LogP contribution in [0.4, 0.5) is 17.8 Å². The van der Waals surface area contributed by atoms with Gasteiger partial charge in [0, 0.05) is 87.7 Å². The maximum Gasteiger partial charge on any atom is 0.236 e. The van der Waals surface area contributed by atoms with E-state index in [9.17, 15) is 54.7 Å². The first-order valence-electron chi connectivity index (χ1n) is 42.4. The molecule has 3 N–H and O–H groups in total. The highest BCUT2D eigenvalue weighted by atomic mass is 35.5. The molecule has 0 radical (unpaired) electrons. The average molecular weight is 2070 g/mol. The highest BCUT2D eigenvalue weighted by Crippen LogP contribution is 2.43. The lowest BCUT2D eigenvalue weighted by Crippen LogP contribution is -2.13. The van der Waals surface area contributed by atoms with Crippen LogP contribution < -0.4 is 52.1 Å². The van der Waals surface area contributed by atoms with Crippen molar-refractivity contribution in [1.29, 1.82) is 21.0 Å². The van der Waals surface area contributed by atoms with E-state index in [1.807, 2.05) is 78.3 Å². The Morgan fingerprint density at radius 1 is 0.414 bits per heavy atom. The van der Waals surface area contributed by atoms with E-state index in [1.165, 1.54) is 24.8 Å². The van der Waals surface area contributed by atoms with Gasteiger partial charge in [0.25, 0.3) is 0 Å². The number of ether oxygens (including phenoxy) is 8. The summed E-state index contributed by atoms with van der Waals surface area (Å²) >= 11 is 27.2. The summed E-state index contributed by atoms with van der Waals surface area (Å²) < 4.78 is 150. The molecule has 0 spiro atoms. The SMILES string of the molecule is CCCOc1c(Cl)cc(-c2cnc3cc(OCc4ccnc(NS(C)(=O)=O)n4)ccn23)cc1C#N.CCCOc1c(Cl)cc(-c2csc3cc(OCc4ccnc(NS(C)(=O)=O)n4)ccc23)cc1C#N.CCCOc1c(Cl)cc(-c2ncc3cc(OCc4ccnc(NS(C)(=O)=O)n4)ccn23)cc1C#N.CCCOc1c(Cl)cc(-n2ncc3cc(OCc4ccnc(CS(C)(=O)=O)n4)ccc32)cc1C#N. The Labute approximate surface area is 828 Å². The molecule has 16 rings (SSSR count). The summed E-state index contributed by atoms with van der Waals surface area (Å²) in [5.41, 5.74) is 10.3. The number of sulfone groups is 1. The van der Waals surface area contributed by atoms with E-state index >= 15 is 0 Å². The van der Waals surface area contributed by atoms with Crippen molar-refractivity contribution in [3.8, 4) is 110 Å². The number of nitrogens with zero attached hydrogens (tertiary/aromatic N) is 18. The lowest BCUT2D eigenvalue weighted by Gasteiger charge is -2.12. The number of imidazole rings is 2. The Balaban J connectivity index is 0.000000157. The minimum Gasteiger partial charge on any atom is -0.491 e. The molecule has 720 valence electrons. The summed E-state index contributed by atoms with van der Waals surface area (Å²) in [5.74, 6) is 4.44. The molecule has 0 amide bonds. The number of anilines is 3. The van der Waals surface area contributed by atoms with Gasteiger partial charge in [-0.05, 0) is 158 Å². The van der Waals surface area contributed by atoms with Gasteiger partial charge in [0.2, 0.25) is 47.9 Å². The van der Waals surface area contributed by atoms with E-state index in [-0.39, 0.29) is 55.8 Å². The van der Waals surface area contributed by atoms with E-state index in [1.54, 1.807) is 144 Å². The standard InChI is InChI=1S/C24H22ClN5O4S.C24H21ClN4O4S2.2C23H21ClN6O4S/c1-3-8-33-24-16(12-26)9-19(11-21(24)25)30-22-5-4-20(10-17(22)13-28-30)34-14-18-6-7-27-23(29-18)15-35(2,31)32;1-3-8-32-23-16(12-26)9-15(10-21(23)25)20-14-34-22-11-18(4-5-19(20)22)33-13-17-6-7-27-24(28-17)29-35(2,30)31;1-3-8-33-21-16(12-25)9-15(10-20(21)24)22-27-13-18-11-19(5-7-30(18)22)34-14-17-4-6-26-23(28-17)29-35(2,31)32;1-3-8-33-22-16(12-25)9-15(10-19(22)24)20-13-27-21-11-18(5-7-30(20)21)34-14-17-4-6-26-23(28-17)29-35(2,31)32/h4-7,9-11,13H,3,8,14-15H2,1-2H3;4-7,9-11,14H,3,8,13H2,1-2H3,(H,27,28,29);2*4-7,9-11,13H,3,8,14H2,1-2H3,(H,26,28,29). The molecule has 10 heterocycles. The maximum absolute atomic E-state index is 11.5. The van der Waals surface area contributed by atoms with Gasteiger partial charge in [-0.1, -0.05) is 74.1 Å². The average Bonchev–Trinajstić information content (AvgIpc) is 1.61. The number of nitrogens with one attached hydrogen (secondary N) is 3. The van der Waals surface area contributed by atoms with Crippen LogP contribution in [0.2, 0.25) is 20.1 Å². The highest BCUT2D eigenvalue weighted by molar-refractivity contribution is 7.92. The summed E-state index contributed by atoms with van der Waals surface area (Å²) in [5, 5.41) is 48.0. The molecule has 0 fully saturated rings. The number of benzene rings is 6. The van der Waals surface area contributed by atoms with Crippen LogP contribution in [0.1, 0.15) is 104 Å². The second kappa shape index (κ2) is 46.5. The van der Waals surface area contributed by atoms with Crippen LogP contribution in [0.5, 0.6) is 46.0 Å². The van der Waals surface area contributed by atoms with Crippen LogP contribution >= 0.6 is 57.7 Å². The van der Waals surface area contributed by atoms with Gasteiger partial charge in [-0.15, -0.1) is 11.3 Å². The summed E-state index contributed by atoms with van der Waals surface area (Å²) in [7, 11) is -13.7. The van der Waals surface area contributed by atoms with E-state index < -0.39 is 39.9 Å².